The number of nitrogens with two attached hydrogens (primary N) is 1. The van der Waals surface area contributed by atoms with Crippen molar-refractivity contribution in [3.05, 3.63) is 29.0 Å². The van der Waals surface area contributed by atoms with Gasteiger partial charge in [0.1, 0.15) is 11.6 Å². The van der Waals surface area contributed by atoms with Gasteiger partial charge < -0.3 is 10.5 Å². The van der Waals surface area contributed by atoms with E-state index in [4.69, 9.17) is 22.1 Å². The topological polar surface area (TPSA) is 61.0 Å². The predicted octanol–water partition coefficient (Wildman–Crippen LogP) is 3.69. The fourth-order valence-electron chi connectivity index (χ4n) is 1.17. The quantitative estimate of drug-likeness (QED) is 0.863. The SMILES string of the molecule is CC(C)c1nsc(Oc2ccc(N)c(Cl)c2)n1. The molecule has 0 bridgehead atoms. The lowest BCUT2D eigenvalue weighted by Gasteiger charge is -2.03. The molecular formula is C11H12ClN3OS. The molecule has 1 aromatic heterocycles. The van der Waals surface area contributed by atoms with Crippen molar-refractivity contribution < 1.29 is 4.74 Å². The van der Waals surface area contributed by atoms with Crippen molar-refractivity contribution in [3.63, 3.8) is 0 Å². The number of ether oxygens (including phenoxy) is 1. The van der Waals surface area contributed by atoms with Crippen molar-refractivity contribution in [2.45, 2.75) is 19.8 Å². The average Bonchev–Trinajstić information content (AvgIpc) is 2.72. The fraction of sp³-hybridized carbons (Fsp3) is 0.273. The van der Waals surface area contributed by atoms with Crippen LogP contribution in [0.2, 0.25) is 5.02 Å². The number of rotatable bonds is 3. The summed E-state index contributed by atoms with van der Waals surface area (Å²) in [5, 5.41) is 0.977. The standard InChI is InChI=1S/C11H12ClN3OS/c1-6(2)10-14-11(17-15-10)16-7-3-4-9(13)8(12)5-7/h3-6H,13H2,1-2H3. The van der Waals surface area contributed by atoms with Crippen LogP contribution in [0.4, 0.5) is 5.69 Å². The van der Waals surface area contributed by atoms with E-state index >= 15 is 0 Å². The third kappa shape index (κ3) is 2.87. The van der Waals surface area contributed by atoms with E-state index < -0.39 is 0 Å². The largest absolute Gasteiger partial charge is 0.430 e. The van der Waals surface area contributed by atoms with Crippen LogP contribution in [0.1, 0.15) is 25.6 Å². The summed E-state index contributed by atoms with van der Waals surface area (Å²) < 4.78 is 9.75. The van der Waals surface area contributed by atoms with Gasteiger partial charge in [0.15, 0.2) is 0 Å². The number of nitrogen functional groups attached to an aromatic ring is 1. The number of anilines is 1. The summed E-state index contributed by atoms with van der Waals surface area (Å²) in [6, 6.07) is 5.10. The lowest BCUT2D eigenvalue weighted by atomic mass is 10.2. The first kappa shape index (κ1) is 12.1. The second-order valence-corrected chi connectivity index (χ2v) is 4.98. The van der Waals surface area contributed by atoms with Gasteiger partial charge in [-0.05, 0) is 12.1 Å². The Morgan fingerprint density at radius 2 is 2.18 bits per heavy atom. The van der Waals surface area contributed by atoms with Crippen LogP contribution < -0.4 is 10.5 Å². The molecule has 0 saturated heterocycles. The molecule has 0 aliphatic heterocycles. The summed E-state index contributed by atoms with van der Waals surface area (Å²) in [5.74, 6) is 1.68. The Balaban J connectivity index is 2.16. The van der Waals surface area contributed by atoms with E-state index in [0.717, 1.165) is 5.82 Å². The number of benzene rings is 1. The van der Waals surface area contributed by atoms with E-state index in [9.17, 15) is 0 Å². The van der Waals surface area contributed by atoms with Gasteiger partial charge in [-0.2, -0.15) is 9.36 Å². The van der Waals surface area contributed by atoms with Crippen LogP contribution in [0.5, 0.6) is 10.9 Å². The first-order valence-electron chi connectivity index (χ1n) is 5.12. The van der Waals surface area contributed by atoms with Crippen molar-refractivity contribution in [1.29, 1.82) is 0 Å². The monoisotopic (exact) mass is 269 g/mol. The highest BCUT2D eigenvalue weighted by molar-refractivity contribution is 7.07. The van der Waals surface area contributed by atoms with Crippen LogP contribution >= 0.6 is 23.1 Å². The Hall–Kier alpha value is -1.33. The maximum atomic E-state index is 5.90. The molecule has 2 aromatic rings. The van der Waals surface area contributed by atoms with Crippen molar-refractivity contribution >= 4 is 28.8 Å². The van der Waals surface area contributed by atoms with Crippen LogP contribution in [0, 0.1) is 0 Å². The average molecular weight is 270 g/mol. The van der Waals surface area contributed by atoms with E-state index in [-0.39, 0.29) is 0 Å². The Bertz CT molecular complexity index is 527. The maximum absolute atomic E-state index is 5.90. The zero-order chi connectivity index (χ0) is 12.4. The summed E-state index contributed by atoms with van der Waals surface area (Å²) in [7, 11) is 0. The molecule has 2 rings (SSSR count). The Morgan fingerprint density at radius 1 is 1.41 bits per heavy atom. The Morgan fingerprint density at radius 3 is 2.76 bits per heavy atom. The van der Waals surface area contributed by atoms with Gasteiger partial charge in [0.25, 0.3) is 5.19 Å². The molecule has 17 heavy (non-hydrogen) atoms. The van der Waals surface area contributed by atoms with Crippen LogP contribution in [0.25, 0.3) is 0 Å². The molecule has 0 fully saturated rings. The second-order valence-electron chi connectivity index (χ2n) is 3.86. The molecule has 0 amide bonds. The molecule has 90 valence electrons. The predicted molar refractivity (Wildman–Crippen MR) is 69.9 cm³/mol. The fourth-order valence-corrected chi connectivity index (χ4v) is 2.03. The molecule has 0 radical (unpaired) electrons. The van der Waals surface area contributed by atoms with E-state index in [1.54, 1.807) is 18.2 Å². The number of hydrogen-bond donors (Lipinski definition) is 1. The third-order valence-corrected chi connectivity index (χ3v) is 3.05. The van der Waals surface area contributed by atoms with Gasteiger partial charge in [0.05, 0.1) is 10.7 Å². The minimum absolute atomic E-state index is 0.290. The van der Waals surface area contributed by atoms with E-state index in [0.29, 0.717) is 27.6 Å². The molecular weight excluding hydrogens is 258 g/mol. The lowest BCUT2D eigenvalue weighted by molar-refractivity contribution is 0.476. The maximum Gasteiger partial charge on any atom is 0.298 e. The molecule has 4 nitrogen and oxygen atoms in total. The van der Waals surface area contributed by atoms with Gasteiger partial charge in [-0.3, -0.25) is 0 Å². The van der Waals surface area contributed by atoms with Gasteiger partial charge in [0, 0.05) is 23.5 Å². The first-order chi connectivity index (χ1) is 8.06. The van der Waals surface area contributed by atoms with Crippen LogP contribution in [-0.4, -0.2) is 9.36 Å². The highest BCUT2D eigenvalue weighted by Crippen LogP contribution is 2.29. The first-order valence-corrected chi connectivity index (χ1v) is 6.28. The molecule has 2 N–H and O–H groups in total. The van der Waals surface area contributed by atoms with Crippen LogP contribution in [0.15, 0.2) is 18.2 Å². The van der Waals surface area contributed by atoms with E-state index in [2.05, 4.69) is 9.36 Å². The lowest BCUT2D eigenvalue weighted by Crippen LogP contribution is -1.91. The van der Waals surface area contributed by atoms with Crippen molar-refractivity contribution in [2.24, 2.45) is 0 Å². The van der Waals surface area contributed by atoms with Crippen LogP contribution in [-0.2, 0) is 0 Å². The zero-order valence-electron chi connectivity index (χ0n) is 9.48. The zero-order valence-corrected chi connectivity index (χ0v) is 11.0. The molecule has 6 heteroatoms. The normalized spacial score (nSPS) is 10.8. The number of hydrogen-bond acceptors (Lipinski definition) is 5. The Kier molecular flexibility index (Phi) is 3.49. The number of aromatic nitrogens is 2. The van der Waals surface area contributed by atoms with Crippen molar-refractivity contribution in [2.75, 3.05) is 5.73 Å². The molecule has 0 unspecified atom stereocenters. The Labute approximate surface area is 109 Å². The summed E-state index contributed by atoms with van der Waals surface area (Å²) in [4.78, 5) is 4.27. The summed E-state index contributed by atoms with van der Waals surface area (Å²) in [6.07, 6.45) is 0. The minimum atomic E-state index is 0.290. The molecule has 0 spiro atoms. The van der Waals surface area contributed by atoms with Gasteiger partial charge in [-0.25, -0.2) is 0 Å². The molecule has 0 saturated carbocycles. The summed E-state index contributed by atoms with van der Waals surface area (Å²) in [6.45, 7) is 4.07. The highest BCUT2D eigenvalue weighted by atomic mass is 35.5. The van der Waals surface area contributed by atoms with Crippen molar-refractivity contribution in [1.82, 2.24) is 9.36 Å². The van der Waals surface area contributed by atoms with Gasteiger partial charge in [0.2, 0.25) is 0 Å². The van der Waals surface area contributed by atoms with E-state index in [1.165, 1.54) is 11.5 Å². The van der Waals surface area contributed by atoms with Crippen LogP contribution in [0.3, 0.4) is 0 Å². The third-order valence-electron chi connectivity index (χ3n) is 2.12. The highest BCUT2D eigenvalue weighted by Gasteiger charge is 2.09. The summed E-state index contributed by atoms with van der Waals surface area (Å²) >= 11 is 7.12. The van der Waals surface area contributed by atoms with Crippen molar-refractivity contribution in [3.8, 4) is 10.9 Å². The molecule has 1 aromatic carbocycles. The van der Waals surface area contributed by atoms with Gasteiger partial charge >= 0.3 is 0 Å². The molecule has 0 atom stereocenters. The molecule has 1 heterocycles. The summed E-state index contributed by atoms with van der Waals surface area (Å²) in [5.41, 5.74) is 6.14. The number of nitrogens with zero attached hydrogens (tertiary/aromatic N) is 2. The minimum Gasteiger partial charge on any atom is -0.430 e. The van der Waals surface area contributed by atoms with E-state index in [1.807, 2.05) is 13.8 Å². The second kappa shape index (κ2) is 4.89. The van der Waals surface area contributed by atoms with Gasteiger partial charge in [-0.15, -0.1) is 0 Å². The smallest absolute Gasteiger partial charge is 0.298 e. The number of halogens is 1. The van der Waals surface area contributed by atoms with Gasteiger partial charge in [-0.1, -0.05) is 25.4 Å². The molecule has 0 aliphatic carbocycles. The molecule has 0 aliphatic rings.